The van der Waals surface area contributed by atoms with Crippen molar-refractivity contribution in [3.63, 3.8) is 0 Å². The lowest BCUT2D eigenvalue weighted by atomic mass is 9.87. The van der Waals surface area contributed by atoms with Gasteiger partial charge < -0.3 is 14.8 Å². The number of nitrogens with one attached hydrogen (secondary N) is 1. The maximum Gasteiger partial charge on any atom is 0.119 e. The normalized spacial score (nSPS) is 16.1. The Morgan fingerprint density at radius 3 is 2.50 bits per heavy atom. The maximum atomic E-state index is 5.73. The average Bonchev–Trinajstić information content (AvgIpc) is 2.44. The Balaban J connectivity index is 3.10. The molecular formula is C15H25NO2. The van der Waals surface area contributed by atoms with Crippen LogP contribution in [-0.2, 0) is 4.74 Å². The second kappa shape index (κ2) is 6.76. The molecule has 0 radical (unpaired) electrons. The van der Waals surface area contributed by atoms with Gasteiger partial charge in [0.15, 0.2) is 0 Å². The summed E-state index contributed by atoms with van der Waals surface area (Å²) in [5.41, 5.74) is 0.977. The van der Waals surface area contributed by atoms with E-state index in [1.54, 1.807) is 14.2 Å². The second-order valence-corrected chi connectivity index (χ2v) is 4.64. The van der Waals surface area contributed by atoms with Crippen LogP contribution < -0.4 is 10.1 Å². The molecule has 0 spiro atoms. The SMILES string of the molecule is CCNC(c1cccc(OC)c1)C(C)(CC)OC. The summed E-state index contributed by atoms with van der Waals surface area (Å²) in [4.78, 5) is 0. The zero-order valence-corrected chi connectivity index (χ0v) is 12.1. The molecule has 102 valence electrons. The Morgan fingerprint density at radius 2 is 2.00 bits per heavy atom. The van der Waals surface area contributed by atoms with Crippen molar-refractivity contribution >= 4 is 0 Å². The third kappa shape index (κ3) is 3.24. The van der Waals surface area contributed by atoms with Crippen LogP contribution in [-0.4, -0.2) is 26.4 Å². The second-order valence-electron chi connectivity index (χ2n) is 4.64. The van der Waals surface area contributed by atoms with Crippen molar-refractivity contribution in [3.8, 4) is 5.75 Å². The molecular weight excluding hydrogens is 226 g/mol. The molecule has 1 aromatic rings. The molecule has 2 atom stereocenters. The standard InChI is InChI=1S/C15H25NO2/c1-6-15(3,18-5)14(16-7-2)12-9-8-10-13(11-12)17-4/h8-11,14,16H,6-7H2,1-5H3. The number of hydrogen-bond donors (Lipinski definition) is 1. The molecule has 0 aliphatic heterocycles. The number of rotatable bonds is 7. The Bertz CT molecular complexity index is 361. The van der Waals surface area contributed by atoms with Crippen LogP contribution >= 0.6 is 0 Å². The molecule has 0 saturated carbocycles. The molecule has 1 N–H and O–H groups in total. The van der Waals surface area contributed by atoms with Gasteiger partial charge in [-0.05, 0) is 37.6 Å². The number of methoxy groups -OCH3 is 2. The number of ether oxygens (including phenoxy) is 2. The van der Waals surface area contributed by atoms with E-state index in [1.807, 2.05) is 12.1 Å². The fourth-order valence-electron chi connectivity index (χ4n) is 2.18. The monoisotopic (exact) mass is 251 g/mol. The van der Waals surface area contributed by atoms with Crippen LogP contribution in [0.5, 0.6) is 5.75 Å². The number of benzene rings is 1. The fourth-order valence-corrected chi connectivity index (χ4v) is 2.18. The van der Waals surface area contributed by atoms with Crippen LogP contribution in [0, 0.1) is 0 Å². The summed E-state index contributed by atoms with van der Waals surface area (Å²) >= 11 is 0. The third-order valence-electron chi connectivity index (χ3n) is 3.61. The molecule has 0 aliphatic rings. The predicted octanol–water partition coefficient (Wildman–Crippen LogP) is 3.16. The molecule has 0 fully saturated rings. The quantitative estimate of drug-likeness (QED) is 0.807. The minimum Gasteiger partial charge on any atom is -0.497 e. The van der Waals surface area contributed by atoms with Crippen LogP contribution in [0.25, 0.3) is 0 Å². The van der Waals surface area contributed by atoms with Crippen molar-refractivity contribution in [2.45, 2.75) is 38.8 Å². The lowest BCUT2D eigenvalue weighted by Crippen LogP contribution is -2.42. The summed E-state index contributed by atoms with van der Waals surface area (Å²) in [5, 5.41) is 3.51. The van der Waals surface area contributed by atoms with Gasteiger partial charge in [-0.2, -0.15) is 0 Å². The number of hydrogen-bond acceptors (Lipinski definition) is 3. The van der Waals surface area contributed by atoms with Crippen LogP contribution in [0.4, 0.5) is 0 Å². The van der Waals surface area contributed by atoms with Gasteiger partial charge in [0.1, 0.15) is 5.75 Å². The van der Waals surface area contributed by atoms with E-state index < -0.39 is 0 Å². The largest absolute Gasteiger partial charge is 0.497 e. The molecule has 2 unspecified atom stereocenters. The minimum atomic E-state index is -0.220. The van der Waals surface area contributed by atoms with E-state index in [9.17, 15) is 0 Å². The first-order valence-corrected chi connectivity index (χ1v) is 6.53. The predicted molar refractivity (Wildman–Crippen MR) is 75.1 cm³/mol. The zero-order chi connectivity index (χ0) is 13.6. The van der Waals surface area contributed by atoms with Gasteiger partial charge in [0, 0.05) is 7.11 Å². The van der Waals surface area contributed by atoms with Gasteiger partial charge in [0.05, 0.1) is 18.8 Å². The Labute approximate surface area is 110 Å². The molecule has 0 heterocycles. The zero-order valence-electron chi connectivity index (χ0n) is 12.1. The molecule has 0 bridgehead atoms. The summed E-state index contributed by atoms with van der Waals surface area (Å²) in [6.45, 7) is 7.30. The van der Waals surface area contributed by atoms with Crippen molar-refractivity contribution in [2.75, 3.05) is 20.8 Å². The van der Waals surface area contributed by atoms with E-state index in [0.717, 1.165) is 18.7 Å². The Morgan fingerprint density at radius 1 is 1.28 bits per heavy atom. The molecule has 0 aromatic heterocycles. The van der Waals surface area contributed by atoms with Gasteiger partial charge in [0.25, 0.3) is 0 Å². The molecule has 0 aliphatic carbocycles. The number of likely N-dealkylation sites (N-methyl/N-ethyl adjacent to an activating group) is 1. The van der Waals surface area contributed by atoms with Gasteiger partial charge in [-0.15, -0.1) is 0 Å². The molecule has 18 heavy (non-hydrogen) atoms. The summed E-state index contributed by atoms with van der Waals surface area (Å²) in [5.74, 6) is 0.880. The van der Waals surface area contributed by atoms with Crippen LogP contribution in [0.1, 0.15) is 38.8 Å². The van der Waals surface area contributed by atoms with Crippen molar-refractivity contribution in [1.82, 2.24) is 5.32 Å². The Hall–Kier alpha value is -1.06. The lowest BCUT2D eigenvalue weighted by Gasteiger charge is -2.36. The lowest BCUT2D eigenvalue weighted by molar-refractivity contribution is -0.0296. The van der Waals surface area contributed by atoms with Crippen molar-refractivity contribution in [1.29, 1.82) is 0 Å². The van der Waals surface area contributed by atoms with Gasteiger partial charge in [-0.3, -0.25) is 0 Å². The highest BCUT2D eigenvalue weighted by Gasteiger charge is 2.33. The first-order valence-electron chi connectivity index (χ1n) is 6.53. The summed E-state index contributed by atoms with van der Waals surface area (Å²) < 4.78 is 11.0. The first kappa shape index (κ1) is 15.0. The van der Waals surface area contributed by atoms with E-state index in [2.05, 4.69) is 38.2 Å². The minimum absolute atomic E-state index is 0.160. The molecule has 3 nitrogen and oxygen atoms in total. The van der Waals surface area contributed by atoms with Crippen LogP contribution in [0.3, 0.4) is 0 Å². The smallest absolute Gasteiger partial charge is 0.119 e. The van der Waals surface area contributed by atoms with E-state index in [-0.39, 0.29) is 11.6 Å². The summed E-state index contributed by atoms with van der Waals surface area (Å²) in [6.07, 6.45) is 0.943. The van der Waals surface area contributed by atoms with Gasteiger partial charge >= 0.3 is 0 Å². The highest BCUT2D eigenvalue weighted by atomic mass is 16.5. The van der Waals surface area contributed by atoms with E-state index in [4.69, 9.17) is 9.47 Å². The van der Waals surface area contributed by atoms with E-state index in [1.165, 1.54) is 5.56 Å². The van der Waals surface area contributed by atoms with Crippen molar-refractivity contribution in [2.24, 2.45) is 0 Å². The maximum absolute atomic E-state index is 5.73. The molecule has 1 rings (SSSR count). The Kier molecular flexibility index (Phi) is 5.63. The highest BCUT2D eigenvalue weighted by molar-refractivity contribution is 5.32. The van der Waals surface area contributed by atoms with Gasteiger partial charge in [-0.25, -0.2) is 0 Å². The van der Waals surface area contributed by atoms with E-state index >= 15 is 0 Å². The van der Waals surface area contributed by atoms with Crippen LogP contribution in [0.2, 0.25) is 0 Å². The highest BCUT2D eigenvalue weighted by Crippen LogP contribution is 2.32. The van der Waals surface area contributed by atoms with Gasteiger partial charge in [-0.1, -0.05) is 26.0 Å². The molecule has 1 aromatic carbocycles. The fraction of sp³-hybridized carbons (Fsp3) is 0.600. The topological polar surface area (TPSA) is 30.5 Å². The van der Waals surface area contributed by atoms with Crippen molar-refractivity contribution in [3.05, 3.63) is 29.8 Å². The average molecular weight is 251 g/mol. The molecule has 0 amide bonds. The summed E-state index contributed by atoms with van der Waals surface area (Å²) in [6, 6.07) is 8.32. The molecule has 3 heteroatoms. The molecule has 0 saturated heterocycles. The first-order chi connectivity index (χ1) is 8.61. The van der Waals surface area contributed by atoms with Crippen molar-refractivity contribution < 1.29 is 9.47 Å². The van der Waals surface area contributed by atoms with Gasteiger partial charge in [0.2, 0.25) is 0 Å². The van der Waals surface area contributed by atoms with Crippen LogP contribution in [0.15, 0.2) is 24.3 Å². The summed E-state index contributed by atoms with van der Waals surface area (Å²) in [7, 11) is 3.46. The van der Waals surface area contributed by atoms with E-state index in [0.29, 0.717) is 0 Å². The third-order valence-corrected chi connectivity index (χ3v) is 3.61.